The number of esters is 1. The second kappa shape index (κ2) is 4.26. The van der Waals surface area contributed by atoms with Gasteiger partial charge in [0.05, 0.1) is 11.4 Å². The highest BCUT2D eigenvalue weighted by atomic mass is 35.5. The zero-order valence-electron chi connectivity index (χ0n) is 9.40. The Labute approximate surface area is 112 Å². The predicted molar refractivity (Wildman–Crippen MR) is 70.2 cm³/mol. The SMILES string of the molecule is COC(=O)C1=NOCc2c1ccc1sc(Cl)cc21. The second-order valence-corrected chi connectivity index (χ2v) is 5.47. The summed E-state index contributed by atoms with van der Waals surface area (Å²) in [5.74, 6) is -0.503. The third-order valence-electron chi connectivity index (χ3n) is 2.78. The fraction of sp³-hybridized carbons (Fsp3) is 0.167. The molecule has 0 N–H and O–H groups in total. The Kier molecular flexibility index (Phi) is 2.72. The van der Waals surface area contributed by atoms with Gasteiger partial charge in [-0.25, -0.2) is 4.79 Å². The maximum absolute atomic E-state index is 11.6. The first kappa shape index (κ1) is 11.5. The molecule has 18 heavy (non-hydrogen) atoms. The molecular weight excluding hydrogens is 274 g/mol. The van der Waals surface area contributed by atoms with Crippen LogP contribution in [0, 0.1) is 0 Å². The molecule has 0 bridgehead atoms. The largest absolute Gasteiger partial charge is 0.464 e. The molecule has 1 aliphatic heterocycles. The molecule has 0 atom stereocenters. The van der Waals surface area contributed by atoms with Crippen molar-refractivity contribution in [3.05, 3.63) is 33.7 Å². The van der Waals surface area contributed by atoms with Gasteiger partial charge in [0.25, 0.3) is 0 Å². The van der Waals surface area contributed by atoms with E-state index in [2.05, 4.69) is 5.16 Å². The Morgan fingerprint density at radius 2 is 2.39 bits per heavy atom. The molecule has 0 aliphatic carbocycles. The fourth-order valence-corrected chi connectivity index (χ4v) is 3.14. The van der Waals surface area contributed by atoms with Gasteiger partial charge in [-0.1, -0.05) is 22.8 Å². The van der Waals surface area contributed by atoms with Crippen molar-refractivity contribution in [3.63, 3.8) is 0 Å². The summed E-state index contributed by atoms with van der Waals surface area (Å²) in [5.41, 5.74) is 1.86. The van der Waals surface area contributed by atoms with Crippen molar-refractivity contribution in [1.82, 2.24) is 0 Å². The molecule has 4 nitrogen and oxygen atoms in total. The lowest BCUT2D eigenvalue weighted by Crippen LogP contribution is -2.22. The number of methoxy groups -OCH3 is 1. The molecule has 0 amide bonds. The van der Waals surface area contributed by atoms with Crippen molar-refractivity contribution >= 4 is 44.7 Å². The van der Waals surface area contributed by atoms with Crippen molar-refractivity contribution in [2.45, 2.75) is 6.61 Å². The highest BCUT2D eigenvalue weighted by Gasteiger charge is 2.24. The number of carbonyl (C=O) groups excluding carboxylic acids is 1. The van der Waals surface area contributed by atoms with Gasteiger partial charge in [0.2, 0.25) is 0 Å². The van der Waals surface area contributed by atoms with E-state index in [9.17, 15) is 4.79 Å². The number of ether oxygens (including phenoxy) is 1. The number of oxime groups is 1. The van der Waals surface area contributed by atoms with E-state index in [1.807, 2.05) is 18.2 Å². The van der Waals surface area contributed by atoms with Crippen LogP contribution in [0.25, 0.3) is 10.1 Å². The molecule has 0 unspecified atom stereocenters. The number of hydrogen-bond donors (Lipinski definition) is 0. The highest BCUT2D eigenvalue weighted by Crippen LogP contribution is 2.35. The van der Waals surface area contributed by atoms with Gasteiger partial charge in [-0.15, -0.1) is 11.3 Å². The summed E-state index contributed by atoms with van der Waals surface area (Å²) in [5, 5.41) is 4.77. The van der Waals surface area contributed by atoms with Gasteiger partial charge in [-0.2, -0.15) is 0 Å². The minimum Gasteiger partial charge on any atom is -0.464 e. The van der Waals surface area contributed by atoms with Crippen LogP contribution in [0.3, 0.4) is 0 Å². The van der Waals surface area contributed by atoms with Crippen molar-refractivity contribution in [2.24, 2.45) is 5.16 Å². The number of nitrogens with zero attached hydrogens (tertiary/aromatic N) is 1. The molecule has 0 fully saturated rings. The Balaban J connectivity index is 2.24. The van der Waals surface area contributed by atoms with Crippen LogP contribution in [-0.2, 0) is 21.0 Å². The van der Waals surface area contributed by atoms with Gasteiger partial charge >= 0.3 is 5.97 Å². The van der Waals surface area contributed by atoms with E-state index in [0.29, 0.717) is 10.9 Å². The standard InChI is InChI=1S/C12H8ClNO3S/c1-16-12(15)11-6-2-3-9-7(4-10(13)18-9)8(6)5-17-14-11/h2-4H,5H2,1H3. The van der Waals surface area contributed by atoms with Crippen LogP contribution in [0.2, 0.25) is 4.34 Å². The van der Waals surface area contributed by atoms with Crippen molar-refractivity contribution in [3.8, 4) is 0 Å². The average molecular weight is 282 g/mol. The Morgan fingerprint density at radius 3 is 3.17 bits per heavy atom. The lowest BCUT2D eigenvalue weighted by molar-refractivity contribution is -0.132. The molecule has 0 saturated carbocycles. The Bertz CT molecular complexity index is 677. The second-order valence-electron chi connectivity index (χ2n) is 3.76. The number of halogens is 1. The number of carbonyl (C=O) groups is 1. The number of rotatable bonds is 1. The first-order chi connectivity index (χ1) is 8.70. The van der Waals surface area contributed by atoms with Crippen molar-refractivity contribution < 1.29 is 14.4 Å². The van der Waals surface area contributed by atoms with Gasteiger partial charge in [0, 0.05) is 21.2 Å². The Morgan fingerprint density at radius 1 is 1.56 bits per heavy atom. The quantitative estimate of drug-likeness (QED) is 0.755. The van der Waals surface area contributed by atoms with E-state index in [4.69, 9.17) is 21.2 Å². The van der Waals surface area contributed by atoms with E-state index in [-0.39, 0.29) is 5.71 Å². The molecule has 6 heteroatoms. The molecular formula is C12H8ClNO3S. The monoisotopic (exact) mass is 281 g/mol. The average Bonchev–Trinajstić information content (AvgIpc) is 2.77. The predicted octanol–water partition coefficient (Wildman–Crippen LogP) is 2.96. The van der Waals surface area contributed by atoms with Gasteiger partial charge in [-0.05, 0) is 12.1 Å². The molecule has 2 aromatic rings. The first-order valence-corrected chi connectivity index (χ1v) is 6.39. The number of benzene rings is 1. The third-order valence-corrected chi connectivity index (χ3v) is 4.01. The lowest BCUT2D eigenvalue weighted by atomic mass is 9.99. The summed E-state index contributed by atoms with van der Waals surface area (Å²) in [6.07, 6.45) is 0. The molecule has 1 aromatic carbocycles. The topological polar surface area (TPSA) is 47.9 Å². The summed E-state index contributed by atoms with van der Waals surface area (Å²) in [7, 11) is 1.32. The smallest absolute Gasteiger partial charge is 0.360 e. The van der Waals surface area contributed by atoms with Crippen LogP contribution in [-0.4, -0.2) is 18.8 Å². The zero-order valence-corrected chi connectivity index (χ0v) is 11.0. The maximum atomic E-state index is 11.6. The number of fused-ring (bicyclic) bond motifs is 3. The molecule has 0 spiro atoms. The molecule has 1 aliphatic rings. The minimum absolute atomic E-state index is 0.197. The highest BCUT2D eigenvalue weighted by molar-refractivity contribution is 7.22. The van der Waals surface area contributed by atoms with Crippen LogP contribution >= 0.6 is 22.9 Å². The van der Waals surface area contributed by atoms with Crippen LogP contribution < -0.4 is 0 Å². The molecule has 0 radical (unpaired) electrons. The van der Waals surface area contributed by atoms with Crippen LogP contribution in [0.1, 0.15) is 11.1 Å². The summed E-state index contributed by atoms with van der Waals surface area (Å²) in [6, 6.07) is 5.65. The van der Waals surface area contributed by atoms with Crippen molar-refractivity contribution in [1.29, 1.82) is 0 Å². The molecule has 1 aromatic heterocycles. The first-order valence-electron chi connectivity index (χ1n) is 5.20. The maximum Gasteiger partial charge on any atom is 0.360 e. The normalized spacial score (nSPS) is 13.8. The van der Waals surface area contributed by atoms with E-state index in [0.717, 1.165) is 21.2 Å². The van der Waals surface area contributed by atoms with Gasteiger partial charge in [0.15, 0.2) is 5.71 Å². The van der Waals surface area contributed by atoms with Crippen LogP contribution in [0.5, 0.6) is 0 Å². The lowest BCUT2D eigenvalue weighted by Gasteiger charge is -2.15. The number of hydrogen-bond acceptors (Lipinski definition) is 5. The van der Waals surface area contributed by atoms with E-state index in [1.54, 1.807) is 0 Å². The molecule has 92 valence electrons. The van der Waals surface area contributed by atoms with E-state index >= 15 is 0 Å². The Hall–Kier alpha value is -1.59. The molecule has 2 heterocycles. The summed E-state index contributed by atoms with van der Waals surface area (Å²) in [4.78, 5) is 16.7. The third kappa shape index (κ3) is 1.67. The van der Waals surface area contributed by atoms with E-state index in [1.165, 1.54) is 18.4 Å². The van der Waals surface area contributed by atoms with Gasteiger partial charge in [-0.3, -0.25) is 0 Å². The van der Waals surface area contributed by atoms with Crippen molar-refractivity contribution in [2.75, 3.05) is 7.11 Å². The molecule has 3 rings (SSSR count). The number of thiophene rings is 1. The van der Waals surface area contributed by atoms with Gasteiger partial charge in [0.1, 0.15) is 6.61 Å². The van der Waals surface area contributed by atoms with Gasteiger partial charge < -0.3 is 9.57 Å². The van der Waals surface area contributed by atoms with E-state index < -0.39 is 5.97 Å². The summed E-state index contributed by atoms with van der Waals surface area (Å²) in [6.45, 7) is 0.334. The summed E-state index contributed by atoms with van der Waals surface area (Å²) >= 11 is 7.50. The zero-order chi connectivity index (χ0) is 12.7. The minimum atomic E-state index is -0.503. The summed E-state index contributed by atoms with van der Waals surface area (Å²) < 4.78 is 6.46. The van der Waals surface area contributed by atoms with Crippen LogP contribution in [0.4, 0.5) is 0 Å². The molecule has 0 saturated heterocycles. The van der Waals surface area contributed by atoms with Crippen LogP contribution in [0.15, 0.2) is 23.4 Å². The fourth-order valence-electron chi connectivity index (χ4n) is 1.97.